The summed E-state index contributed by atoms with van der Waals surface area (Å²) in [5.41, 5.74) is 0.807. The highest BCUT2D eigenvalue weighted by Crippen LogP contribution is 2.39. The van der Waals surface area contributed by atoms with E-state index in [0.29, 0.717) is 89.1 Å². The summed E-state index contributed by atoms with van der Waals surface area (Å²) in [6.07, 6.45) is -4.02. The van der Waals surface area contributed by atoms with Crippen molar-refractivity contribution in [1.29, 1.82) is 0 Å². The first-order valence-corrected chi connectivity index (χ1v) is 15.2. The van der Waals surface area contributed by atoms with Crippen LogP contribution >= 0.6 is 0 Å². The van der Waals surface area contributed by atoms with Gasteiger partial charge in [0, 0.05) is 72.8 Å². The standard InChI is InChI=1S/C27H37F3N4O5S/c1-4-22-19(3)25-23(7-6-21-26(25)20(27(28,29)30)18-24(35)31-21)34(22)13-15-39-17-16-38-14-12-32-8-10-33(11-9-32)40(36,37)5-2/h6-7,18H,4-5,8-17H2,1-3H3,(H,31,35). The quantitative estimate of drug-likeness (QED) is 0.327. The molecule has 1 N–H and O–H groups in total. The van der Waals surface area contributed by atoms with Crippen LogP contribution in [0.15, 0.2) is 23.0 Å². The molecule has 0 radical (unpaired) electrons. The molecule has 222 valence electrons. The maximum Gasteiger partial charge on any atom is 0.417 e. The third-order valence-electron chi connectivity index (χ3n) is 7.52. The number of fused-ring (bicyclic) bond motifs is 3. The lowest BCUT2D eigenvalue weighted by Gasteiger charge is -2.33. The van der Waals surface area contributed by atoms with Crippen LogP contribution < -0.4 is 5.56 Å². The molecular formula is C27H37F3N4O5S. The summed E-state index contributed by atoms with van der Waals surface area (Å²) in [6, 6.07) is 3.91. The number of hydrogen-bond donors (Lipinski definition) is 1. The van der Waals surface area contributed by atoms with Crippen LogP contribution in [-0.2, 0) is 38.6 Å². The lowest BCUT2D eigenvalue weighted by Crippen LogP contribution is -2.49. The summed E-state index contributed by atoms with van der Waals surface area (Å²) in [6.45, 7) is 10.6. The molecule has 13 heteroatoms. The lowest BCUT2D eigenvalue weighted by molar-refractivity contribution is -0.136. The summed E-state index contributed by atoms with van der Waals surface area (Å²) in [7, 11) is -3.14. The molecule has 2 aromatic heterocycles. The number of sulfonamides is 1. The molecule has 4 rings (SSSR count). The third-order valence-corrected chi connectivity index (χ3v) is 9.40. The van der Waals surface area contributed by atoms with Crippen LogP contribution in [0.25, 0.3) is 21.8 Å². The number of aromatic nitrogens is 2. The summed E-state index contributed by atoms with van der Waals surface area (Å²) in [5.74, 6) is 0.119. The van der Waals surface area contributed by atoms with Gasteiger partial charge in [-0.25, -0.2) is 8.42 Å². The number of benzene rings is 1. The summed E-state index contributed by atoms with van der Waals surface area (Å²) in [4.78, 5) is 16.6. The number of rotatable bonds is 12. The van der Waals surface area contributed by atoms with E-state index in [1.165, 1.54) is 10.4 Å². The number of aryl methyl sites for hydroxylation is 1. The van der Waals surface area contributed by atoms with Gasteiger partial charge in [-0.05, 0) is 38.0 Å². The highest BCUT2D eigenvalue weighted by atomic mass is 32.2. The zero-order chi connectivity index (χ0) is 29.1. The second-order valence-corrected chi connectivity index (χ2v) is 12.1. The Morgan fingerprint density at radius 3 is 2.20 bits per heavy atom. The Balaban J connectivity index is 1.31. The smallest absolute Gasteiger partial charge is 0.378 e. The molecule has 0 bridgehead atoms. The van der Waals surface area contributed by atoms with E-state index in [1.807, 2.05) is 18.4 Å². The number of halogens is 3. The van der Waals surface area contributed by atoms with Gasteiger partial charge in [0.05, 0.1) is 37.7 Å². The van der Waals surface area contributed by atoms with E-state index in [9.17, 15) is 26.4 Å². The molecule has 1 aliphatic heterocycles. The molecule has 1 aromatic carbocycles. The average Bonchev–Trinajstić information content (AvgIpc) is 3.19. The molecule has 0 spiro atoms. The summed E-state index contributed by atoms with van der Waals surface area (Å²) >= 11 is 0. The van der Waals surface area contributed by atoms with Gasteiger partial charge in [0.2, 0.25) is 15.6 Å². The van der Waals surface area contributed by atoms with Crippen LogP contribution in [0.2, 0.25) is 0 Å². The van der Waals surface area contributed by atoms with E-state index in [2.05, 4.69) is 9.88 Å². The highest BCUT2D eigenvalue weighted by molar-refractivity contribution is 7.89. The molecule has 0 unspecified atom stereocenters. The fourth-order valence-electron chi connectivity index (χ4n) is 5.46. The highest BCUT2D eigenvalue weighted by Gasteiger charge is 2.35. The Labute approximate surface area is 231 Å². The van der Waals surface area contributed by atoms with Crippen molar-refractivity contribution in [2.24, 2.45) is 0 Å². The number of alkyl halides is 3. The molecule has 3 heterocycles. The number of hydrogen-bond acceptors (Lipinski definition) is 6. The molecule has 0 atom stereocenters. The minimum atomic E-state index is -4.66. The number of pyridine rings is 1. The van der Waals surface area contributed by atoms with Crippen LogP contribution in [0.3, 0.4) is 0 Å². The number of piperazine rings is 1. The molecule has 9 nitrogen and oxygen atoms in total. The number of nitrogens with zero attached hydrogens (tertiary/aromatic N) is 3. The van der Waals surface area contributed by atoms with Crippen molar-refractivity contribution in [3.8, 4) is 0 Å². The van der Waals surface area contributed by atoms with Gasteiger partial charge >= 0.3 is 6.18 Å². The minimum absolute atomic E-state index is 0.0123. The Hall–Kier alpha value is -2.45. The molecular weight excluding hydrogens is 549 g/mol. The maximum absolute atomic E-state index is 13.9. The topological polar surface area (TPSA) is 96.9 Å². The number of ether oxygens (including phenoxy) is 2. The largest absolute Gasteiger partial charge is 0.417 e. The molecule has 1 saturated heterocycles. The normalized spacial score (nSPS) is 15.9. The van der Waals surface area contributed by atoms with Crippen LogP contribution in [-0.4, -0.2) is 92.1 Å². The number of nitrogens with one attached hydrogen (secondary N) is 1. The van der Waals surface area contributed by atoms with E-state index < -0.39 is 27.3 Å². The molecule has 3 aromatic rings. The zero-order valence-electron chi connectivity index (χ0n) is 23.1. The van der Waals surface area contributed by atoms with Crippen LogP contribution in [0, 0.1) is 6.92 Å². The zero-order valence-corrected chi connectivity index (χ0v) is 24.0. The predicted molar refractivity (Wildman–Crippen MR) is 148 cm³/mol. The average molecular weight is 587 g/mol. The Morgan fingerprint density at radius 2 is 1.60 bits per heavy atom. The van der Waals surface area contributed by atoms with Crippen molar-refractivity contribution < 1.29 is 31.1 Å². The van der Waals surface area contributed by atoms with Gasteiger partial charge in [0.25, 0.3) is 0 Å². The predicted octanol–water partition coefficient (Wildman–Crippen LogP) is 3.37. The maximum atomic E-state index is 13.9. The first-order valence-electron chi connectivity index (χ1n) is 13.6. The summed E-state index contributed by atoms with van der Waals surface area (Å²) < 4.78 is 80.6. The fourth-order valence-corrected chi connectivity index (χ4v) is 6.55. The van der Waals surface area contributed by atoms with Gasteiger partial charge in [-0.1, -0.05) is 6.92 Å². The number of H-pyrrole nitrogens is 1. The van der Waals surface area contributed by atoms with Crippen molar-refractivity contribution in [3.05, 3.63) is 45.4 Å². The first-order chi connectivity index (χ1) is 19.0. The van der Waals surface area contributed by atoms with E-state index in [1.54, 1.807) is 13.0 Å². The second-order valence-electron chi connectivity index (χ2n) is 9.87. The van der Waals surface area contributed by atoms with Crippen molar-refractivity contribution in [2.75, 3.05) is 64.9 Å². The molecule has 0 amide bonds. The second kappa shape index (κ2) is 12.6. The van der Waals surface area contributed by atoms with E-state index in [0.717, 1.165) is 11.3 Å². The van der Waals surface area contributed by atoms with E-state index >= 15 is 0 Å². The monoisotopic (exact) mass is 586 g/mol. The van der Waals surface area contributed by atoms with Crippen LogP contribution in [0.1, 0.15) is 30.7 Å². The molecule has 0 saturated carbocycles. The van der Waals surface area contributed by atoms with Crippen LogP contribution in [0.5, 0.6) is 0 Å². The lowest BCUT2D eigenvalue weighted by atomic mass is 10.0. The van der Waals surface area contributed by atoms with Gasteiger partial charge < -0.3 is 19.0 Å². The van der Waals surface area contributed by atoms with Crippen molar-refractivity contribution in [3.63, 3.8) is 0 Å². The van der Waals surface area contributed by atoms with Crippen LogP contribution in [0.4, 0.5) is 13.2 Å². The van der Waals surface area contributed by atoms with Gasteiger partial charge in [0.15, 0.2) is 0 Å². The van der Waals surface area contributed by atoms with Crippen molar-refractivity contribution in [2.45, 2.75) is 39.9 Å². The van der Waals surface area contributed by atoms with Crippen molar-refractivity contribution >= 4 is 31.8 Å². The van der Waals surface area contributed by atoms with E-state index in [-0.39, 0.29) is 16.7 Å². The Bertz CT molecular complexity index is 1490. The Kier molecular flexibility index (Phi) is 9.61. The fraction of sp³-hybridized carbons (Fsp3) is 0.593. The van der Waals surface area contributed by atoms with Gasteiger partial charge in [-0.15, -0.1) is 0 Å². The van der Waals surface area contributed by atoms with Gasteiger partial charge in [0.1, 0.15) is 0 Å². The first kappa shape index (κ1) is 30.5. The van der Waals surface area contributed by atoms with Gasteiger partial charge in [-0.2, -0.15) is 17.5 Å². The van der Waals surface area contributed by atoms with Crippen molar-refractivity contribution in [1.82, 2.24) is 18.8 Å². The molecule has 0 aliphatic carbocycles. The summed E-state index contributed by atoms with van der Waals surface area (Å²) in [5, 5.41) is 0.507. The molecule has 40 heavy (non-hydrogen) atoms. The number of aromatic amines is 1. The third kappa shape index (κ3) is 6.54. The minimum Gasteiger partial charge on any atom is -0.378 e. The Morgan fingerprint density at radius 1 is 0.950 bits per heavy atom. The molecule has 1 aliphatic rings. The van der Waals surface area contributed by atoms with Gasteiger partial charge in [-0.3, -0.25) is 9.69 Å². The van der Waals surface area contributed by atoms with E-state index in [4.69, 9.17) is 9.47 Å². The SMILES string of the molecule is CCc1c(C)c2c3c(C(F)(F)F)cc(=O)[nH]c3ccc2n1CCOCCOCCN1CCN(S(=O)(=O)CC)CC1. The molecule has 1 fully saturated rings.